The monoisotopic (exact) mass is 305 g/mol. The highest BCUT2D eigenvalue weighted by atomic mass is 16.7. The molecule has 118 valence electrons. The van der Waals surface area contributed by atoms with E-state index in [1.807, 2.05) is 0 Å². The summed E-state index contributed by atoms with van der Waals surface area (Å²) in [6.45, 7) is 7.41. The predicted octanol–water partition coefficient (Wildman–Crippen LogP) is 2.26. The molecule has 1 atom stereocenters. The van der Waals surface area contributed by atoms with Gasteiger partial charge in [0, 0.05) is 13.6 Å². The van der Waals surface area contributed by atoms with Crippen LogP contribution in [-0.2, 0) is 4.74 Å². The maximum Gasteiger partial charge on any atom is 0.383 e. The van der Waals surface area contributed by atoms with E-state index in [9.17, 15) is 14.9 Å². The first-order valence-electron chi connectivity index (χ1n) is 6.92. The molecule has 22 heavy (non-hydrogen) atoms. The van der Waals surface area contributed by atoms with Crippen molar-refractivity contribution >= 4 is 11.8 Å². The molecule has 0 spiro atoms. The van der Waals surface area contributed by atoms with Gasteiger partial charge < -0.3 is 9.64 Å². The van der Waals surface area contributed by atoms with Gasteiger partial charge in [-0.2, -0.15) is 0 Å². The third kappa shape index (κ3) is 3.24. The standard InChI is InChI=1S/C8H5NO4.C7H14N2/c10-8-6-4-2-1-3-5(6)7(13-8)9(11)12;1-6-8-7(2,3)5-9(6)4/h1-4,7H;5H2,1-4H3. The fraction of sp³-hybridized carbons (Fsp3) is 0.467. The highest BCUT2D eigenvalue weighted by molar-refractivity contribution is 5.93. The lowest BCUT2D eigenvalue weighted by atomic mass is 10.1. The number of hydrogen-bond acceptors (Lipinski definition) is 6. The van der Waals surface area contributed by atoms with Gasteiger partial charge in [0.1, 0.15) is 0 Å². The van der Waals surface area contributed by atoms with Crippen LogP contribution in [-0.4, -0.2) is 40.8 Å². The van der Waals surface area contributed by atoms with Crippen LogP contribution in [0.15, 0.2) is 29.3 Å². The molecule has 0 bridgehead atoms. The number of carbonyl (C=O) groups is 1. The highest BCUT2D eigenvalue weighted by Gasteiger charge is 2.38. The fourth-order valence-electron chi connectivity index (χ4n) is 2.54. The average molecular weight is 305 g/mol. The summed E-state index contributed by atoms with van der Waals surface area (Å²) in [6, 6.07) is 6.31. The maximum absolute atomic E-state index is 11.1. The molecular formula is C15H19N3O4. The number of likely N-dealkylation sites (N-methyl/N-ethyl adjacent to an activating group) is 1. The number of cyclic esters (lactones) is 1. The molecule has 3 rings (SSSR count). The molecule has 1 aromatic rings. The zero-order chi connectivity index (χ0) is 16.5. The summed E-state index contributed by atoms with van der Waals surface area (Å²) in [6.07, 6.45) is -1.33. The van der Waals surface area contributed by atoms with Crippen LogP contribution in [0.3, 0.4) is 0 Å². The van der Waals surface area contributed by atoms with E-state index in [4.69, 9.17) is 0 Å². The third-order valence-electron chi connectivity index (χ3n) is 3.50. The molecular weight excluding hydrogens is 286 g/mol. The molecule has 2 aliphatic heterocycles. The summed E-state index contributed by atoms with van der Waals surface area (Å²) < 4.78 is 4.56. The Morgan fingerprint density at radius 1 is 1.41 bits per heavy atom. The van der Waals surface area contributed by atoms with E-state index in [1.54, 1.807) is 12.1 Å². The number of hydrogen-bond donors (Lipinski definition) is 0. The van der Waals surface area contributed by atoms with Crippen molar-refractivity contribution in [2.45, 2.75) is 32.5 Å². The first kappa shape index (κ1) is 15.9. The number of nitro groups is 1. The minimum atomic E-state index is -1.33. The number of ether oxygens (including phenoxy) is 1. The Hall–Kier alpha value is -2.44. The van der Waals surface area contributed by atoms with E-state index >= 15 is 0 Å². The van der Waals surface area contributed by atoms with Crippen molar-refractivity contribution in [3.63, 3.8) is 0 Å². The largest absolute Gasteiger partial charge is 0.390 e. The topological polar surface area (TPSA) is 85.0 Å². The number of amidine groups is 1. The zero-order valence-corrected chi connectivity index (χ0v) is 13.1. The van der Waals surface area contributed by atoms with Gasteiger partial charge in [0.05, 0.1) is 27.4 Å². The molecule has 0 N–H and O–H groups in total. The van der Waals surface area contributed by atoms with Gasteiger partial charge in [-0.05, 0) is 32.9 Å². The lowest BCUT2D eigenvalue weighted by molar-refractivity contribution is -0.572. The van der Waals surface area contributed by atoms with Crippen LogP contribution >= 0.6 is 0 Å². The smallest absolute Gasteiger partial charge is 0.383 e. The number of benzene rings is 1. The van der Waals surface area contributed by atoms with Gasteiger partial charge in [0.2, 0.25) is 0 Å². The Labute approximate surface area is 128 Å². The summed E-state index contributed by atoms with van der Waals surface area (Å²) >= 11 is 0. The van der Waals surface area contributed by atoms with Gasteiger partial charge in [-0.15, -0.1) is 0 Å². The minimum Gasteiger partial charge on any atom is -0.390 e. The first-order valence-corrected chi connectivity index (χ1v) is 6.92. The number of rotatable bonds is 1. The second kappa shape index (κ2) is 5.75. The van der Waals surface area contributed by atoms with Crippen molar-refractivity contribution in [3.8, 4) is 0 Å². The van der Waals surface area contributed by atoms with Crippen LogP contribution in [0, 0.1) is 10.1 Å². The Balaban J connectivity index is 0.000000172. The second-order valence-corrected chi connectivity index (χ2v) is 5.96. The quantitative estimate of drug-likeness (QED) is 0.451. The summed E-state index contributed by atoms with van der Waals surface area (Å²) in [5.74, 6) is 0.525. The molecule has 2 aliphatic rings. The van der Waals surface area contributed by atoms with Crippen LogP contribution in [0.1, 0.15) is 42.9 Å². The molecule has 0 aliphatic carbocycles. The lowest BCUT2D eigenvalue weighted by Crippen LogP contribution is -2.27. The SMILES string of the molecule is CC1=NC(C)(C)CN1C.O=C1OC([N+](=O)[O-])c2ccccc21. The molecule has 0 saturated carbocycles. The van der Waals surface area contributed by atoms with E-state index < -0.39 is 17.1 Å². The van der Waals surface area contributed by atoms with Crippen molar-refractivity contribution in [3.05, 3.63) is 45.5 Å². The fourth-order valence-corrected chi connectivity index (χ4v) is 2.54. The summed E-state index contributed by atoms with van der Waals surface area (Å²) in [4.78, 5) is 27.5. The van der Waals surface area contributed by atoms with Gasteiger partial charge in [-0.25, -0.2) is 4.79 Å². The molecule has 1 aromatic carbocycles. The van der Waals surface area contributed by atoms with Crippen LogP contribution in [0.25, 0.3) is 0 Å². The van der Waals surface area contributed by atoms with Crippen LogP contribution in [0.4, 0.5) is 0 Å². The van der Waals surface area contributed by atoms with Gasteiger partial charge in [0.15, 0.2) is 0 Å². The molecule has 1 unspecified atom stereocenters. The van der Waals surface area contributed by atoms with Crippen LogP contribution < -0.4 is 0 Å². The molecule has 0 aromatic heterocycles. The molecule has 7 nitrogen and oxygen atoms in total. The average Bonchev–Trinajstić information content (AvgIpc) is 2.88. The Bertz CT molecular complexity index is 639. The van der Waals surface area contributed by atoms with Crippen molar-refractivity contribution in [2.24, 2.45) is 4.99 Å². The van der Waals surface area contributed by atoms with Crippen molar-refractivity contribution in [1.29, 1.82) is 0 Å². The third-order valence-corrected chi connectivity index (χ3v) is 3.50. The van der Waals surface area contributed by atoms with Gasteiger partial charge in [-0.3, -0.25) is 15.1 Å². The van der Waals surface area contributed by atoms with Crippen LogP contribution in [0.2, 0.25) is 0 Å². The van der Waals surface area contributed by atoms with E-state index in [0.717, 1.165) is 12.4 Å². The summed E-state index contributed by atoms with van der Waals surface area (Å²) in [5, 5.41) is 10.4. The summed E-state index contributed by atoms with van der Waals surface area (Å²) in [5.41, 5.74) is 0.764. The number of nitrogens with zero attached hydrogens (tertiary/aromatic N) is 3. The van der Waals surface area contributed by atoms with E-state index in [-0.39, 0.29) is 11.1 Å². The molecule has 0 fully saturated rings. The van der Waals surface area contributed by atoms with E-state index in [1.165, 1.54) is 12.1 Å². The number of fused-ring (bicyclic) bond motifs is 1. The number of aliphatic imine (C=N–C) groups is 1. The predicted molar refractivity (Wildman–Crippen MR) is 81.4 cm³/mol. The number of esters is 1. The lowest BCUT2D eigenvalue weighted by Gasteiger charge is -2.15. The maximum atomic E-state index is 11.1. The molecule has 0 amide bonds. The molecule has 0 radical (unpaired) electrons. The minimum absolute atomic E-state index is 0.152. The van der Waals surface area contributed by atoms with Gasteiger partial charge in [0.25, 0.3) is 0 Å². The van der Waals surface area contributed by atoms with Crippen molar-refractivity contribution in [2.75, 3.05) is 13.6 Å². The van der Waals surface area contributed by atoms with Crippen LogP contribution in [0.5, 0.6) is 0 Å². The molecule has 2 heterocycles. The number of carbonyl (C=O) groups excluding carboxylic acids is 1. The normalized spacial score (nSPS) is 21.5. The van der Waals surface area contributed by atoms with Gasteiger partial charge in [-0.1, -0.05) is 12.1 Å². The Morgan fingerprint density at radius 2 is 2.05 bits per heavy atom. The summed E-state index contributed by atoms with van der Waals surface area (Å²) in [7, 11) is 2.08. The van der Waals surface area contributed by atoms with Crippen molar-refractivity contribution in [1.82, 2.24) is 4.90 Å². The molecule has 0 saturated heterocycles. The Kier molecular flexibility index (Phi) is 4.16. The van der Waals surface area contributed by atoms with Gasteiger partial charge >= 0.3 is 12.2 Å². The molecule has 7 heteroatoms. The van der Waals surface area contributed by atoms with Crippen molar-refractivity contribution < 1.29 is 14.5 Å². The zero-order valence-electron chi connectivity index (χ0n) is 13.1. The van der Waals surface area contributed by atoms with E-state index in [0.29, 0.717) is 5.56 Å². The Morgan fingerprint density at radius 3 is 2.50 bits per heavy atom. The highest BCUT2D eigenvalue weighted by Crippen LogP contribution is 2.30. The second-order valence-electron chi connectivity index (χ2n) is 5.96. The van der Waals surface area contributed by atoms with E-state index in [2.05, 4.69) is 42.4 Å². The first-order chi connectivity index (χ1) is 10.2.